The summed E-state index contributed by atoms with van der Waals surface area (Å²) in [5.41, 5.74) is 3.01. The van der Waals surface area contributed by atoms with Crippen LogP contribution in [0.25, 0.3) is 0 Å². The van der Waals surface area contributed by atoms with Gasteiger partial charge in [0.2, 0.25) is 0 Å². The van der Waals surface area contributed by atoms with Gasteiger partial charge in [0.05, 0.1) is 39.3 Å². The average Bonchev–Trinajstić information content (AvgIpc) is 2.90. The third-order valence-corrected chi connectivity index (χ3v) is 10.9. The Labute approximate surface area is 235 Å². The number of quaternary nitrogens is 2. The maximum Gasteiger partial charge on any atom is 0.104 e. The van der Waals surface area contributed by atoms with E-state index in [2.05, 4.69) is 73.3 Å². The van der Waals surface area contributed by atoms with E-state index in [1.54, 1.807) is 0 Å². The summed E-state index contributed by atoms with van der Waals surface area (Å²) in [7, 11) is 0. The largest absolute Gasteiger partial charge is 0.317 e. The fourth-order valence-corrected chi connectivity index (χ4v) is 7.61. The van der Waals surface area contributed by atoms with Gasteiger partial charge >= 0.3 is 53.6 Å². The Morgan fingerprint density at radius 2 is 0.846 bits per heavy atom. The predicted molar refractivity (Wildman–Crippen MR) is 127 cm³/mol. The molecule has 0 spiro atoms. The third kappa shape index (κ3) is 9.78. The van der Waals surface area contributed by atoms with Crippen LogP contribution in [-0.2, 0) is 58.4 Å². The third-order valence-electron chi connectivity index (χ3n) is 8.23. The molecule has 0 aliphatic carbocycles. The van der Waals surface area contributed by atoms with Crippen molar-refractivity contribution in [3.63, 3.8) is 0 Å². The monoisotopic (exact) mass is 622 g/mol. The van der Waals surface area contributed by atoms with Gasteiger partial charge in [-0.3, -0.25) is 9.80 Å². The molecule has 13 heteroatoms. The number of nitrogens with zero attached hydrogens (tertiary/aromatic N) is 4. The van der Waals surface area contributed by atoms with Gasteiger partial charge in [-0.2, -0.15) is 0 Å². The van der Waals surface area contributed by atoms with Gasteiger partial charge in [0.15, 0.2) is 0 Å². The van der Waals surface area contributed by atoms with Gasteiger partial charge in [0, 0.05) is 50.4 Å². The molecule has 0 amide bonds. The van der Waals surface area contributed by atoms with Crippen LogP contribution in [0.1, 0.15) is 11.1 Å². The minimum Gasteiger partial charge on any atom is -0.317 e. The van der Waals surface area contributed by atoms with Crippen LogP contribution in [0.15, 0.2) is 60.7 Å². The van der Waals surface area contributed by atoms with Crippen molar-refractivity contribution in [2.45, 2.75) is 13.1 Å². The summed E-state index contributed by atoms with van der Waals surface area (Å²) in [5.74, 6) is 0. The molecule has 2 aromatic rings. The molecule has 11 nitrogen and oxygen atoms in total. The molecule has 0 saturated carbocycles. The van der Waals surface area contributed by atoms with Crippen molar-refractivity contribution < 1.29 is 62.6 Å². The van der Waals surface area contributed by atoms with Crippen molar-refractivity contribution >= 4 is 0 Å². The smallest absolute Gasteiger partial charge is 0.104 e. The van der Waals surface area contributed by atoms with Gasteiger partial charge in [-0.25, -0.2) is 0 Å². The zero-order valence-electron chi connectivity index (χ0n) is 22.1. The molecule has 8 rings (SSSR count). The van der Waals surface area contributed by atoms with Gasteiger partial charge in [0.25, 0.3) is 0 Å². The summed E-state index contributed by atoms with van der Waals surface area (Å²) in [5, 5.41) is 0. The minimum atomic E-state index is -6.07. The first-order valence-electron chi connectivity index (χ1n) is 13.3. The van der Waals surface area contributed by atoms with Crippen molar-refractivity contribution in [2.75, 3.05) is 78.5 Å². The van der Waals surface area contributed by atoms with E-state index in [1.807, 2.05) is 0 Å². The standard InChI is InChI=1S/2C13H19N2.2Cr.7O/c2*1-2-4-13(5-3-1)12-15-9-6-14(7-10-15)8-11-15;;;;;;;;;/h2*1-5H,6-12H2;;;;;;;;;/q2*+1;;;;;;;;2*-1. The number of benzene rings is 2. The Morgan fingerprint density at radius 1 is 0.564 bits per heavy atom. The number of piperazine rings is 6. The average molecular weight is 623 g/mol. The molecule has 0 atom stereocenters. The van der Waals surface area contributed by atoms with Crippen molar-refractivity contribution in [3.8, 4) is 0 Å². The Morgan fingerprint density at radius 3 is 1.08 bits per heavy atom. The van der Waals surface area contributed by atoms with Crippen molar-refractivity contribution in [1.82, 2.24) is 9.80 Å². The molecule has 2 aromatic carbocycles. The van der Waals surface area contributed by atoms with Crippen molar-refractivity contribution in [1.29, 1.82) is 0 Å². The van der Waals surface area contributed by atoms with Gasteiger partial charge in [-0.05, 0) is 0 Å². The molecule has 6 fully saturated rings. The molecule has 6 saturated heterocycles. The first kappa shape index (κ1) is 30.4. The van der Waals surface area contributed by atoms with Crippen molar-refractivity contribution in [3.05, 3.63) is 71.8 Å². The molecule has 0 aromatic heterocycles. The van der Waals surface area contributed by atoms with E-state index in [4.69, 9.17) is 0 Å². The van der Waals surface area contributed by atoms with Gasteiger partial charge in [-0.15, -0.1) is 0 Å². The number of fused-ring (bicyclic) bond motifs is 6. The predicted octanol–water partition coefficient (Wildman–Crippen LogP) is -0.261. The van der Waals surface area contributed by atoms with E-state index in [0.717, 1.165) is 0 Å². The van der Waals surface area contributed by atoms with E-state index in [-0.39, 0.29) is 0 Å². The number of rotatable bonds is 6. The van der Waals surface area contributed by atoms with E-state index < -0.39 is 27.2 Å². The Bertz CT molecular complexity index is 1130. The van der Waals surface area contributed by atoms with E-state index >= 15 is 0 Å². The normalized spacial score (nSPS) is 29.5. The summed E-state index contributed by atoms with van der Waals surface area (Å²) < 4.78 is 61.6. The van der Waals surface area contributed by atoms with Crippen molar-refractivity contribution in [2.24, 2.45) is 0 Å². The number of hydrogen-bond acceptors (Lipinski definition) is 9. The van der Waals surface area contributed by atoms with Gasteiger partial charge in [0.1, 0.15) is 13.1 Å². The van der Waals surface area contributed by atoms with Crippen LogP contribution in [0.4, 0.5) is 0 Å². The summed E-state index contributed by atoms with van der Waals surface area (Å²) >= 11 is -12.1. The molecule has 0 N–H and O–H groups in total. The zero-order valence-corrected chi connectivity index (χ0v) is 24.7. The van der Waals surface area contributed by atoms with Crippen LogP contribution in [0.2, 0.25) is 0 Å². The van der Waals surface area contributed by atoms with Gasteiger partial charge < -0.3 is 8.97 Å². The zero-order chi connectivity index (χ0) is 28.0. The molecular weight excluding hydrogens is 584 g/mol. The molecule has 216 valence electrons. The topological polar surface area (TPSA) is 130 Å². The summed E-state index contributed by atoms with van der Waals surface area (Å²) in [6.45, 7) is 18.5. The first-order chi connectivity index (χ1) is 18.4. The summed E-state index contributed by atoms with van der Waals surface area (Å²) in [6.07, 6.45) is 0. The second-order valence-electron chi connectivity index (χ2n) is 10.9. The molecule has 6 aliphatic rings. The Balaban J connectivity index is 0.000000141. The summed E-state index contributed by atoms with van der Waals surface area (Å²) in [6, 6.07) is 21.9. The maximum absolute atomic E-state index is 9.38. The fourth-order valence-electron chi connectivity index (χ4n) is 5.98. The maximum atomic E-state index is 9.38. The van der Waals surface area contributed by atoms with Crippen LogP contribution in [0.5, 0.6) is 0 Å². The van der Waals surface area contributed by atoms with Crippen LogP contribution in [-0.4, -0.2) is 97.3 Å². The van der Waals surface area contributed by atoms with Gasteiger partial charge in [-0.1, -0.05) is 60.7 Å². The minimum absolute atomic E-state index is 1.24. The molecule has 0 radical (unpaired) electrons. The van der Waals surface area contributed by atoms with Crippen LogP contribution >= 0.6 is 0 Å². The second-order valence-corrected chi connectivity index (χ2v) is 14.5. The molecule has 6 aliphatic heterocycles. The summed E-state index contributed by atoms with van der Waals surface area (Å²) in [4.78, 5) is 5.20. The van der Waals surface area contributed by atoms with E-state index in [9.17, 15) is 23.5 Å². The number of hydrogen-bond donors (Lipinski definition) is 0. The fraction of sp³-hybridized carbons (Fsp3) is 0.538. The first-order valence-corrected chi connectivity index (χ1v) is 17.5. The molecule has 6 heterocycles. The molecule has 4 bridgehead atoms. The molecule has 0 unspecified atom stereocenters. The Hall–Kier alpha value is -1.58. The quantitative estimate of drug-likeness (QED) is 0.400. The SMILES string of the molecule is [O]=[Cr](=[O])([O-])[O][Cr](=[O])(=[O])[O-].c1ccc(C[N+]23CCN(CC2)CC3)cc1.c1ccc(C[N+]23CCN(CC2)CC3)cc1. The second kappa shape index (κ2) is 12.9. The van der Waals surface area contributed by atoms with Crippen LogP contribution in [0, 0.1) is 0 Å². The molecule has 39 heavy (non-hydrogen) atoms. The van der Waals surface area contributed by atoms with Crippen LogP contribution in [0.3, 0.4) is 0 Å². The van der Waals surface area contributed by atoms with E-state index in [0.29, 0.717) is 0 Å². The Kier molecular flexibility index (Phi) is 10.1. The van der Waals surface area contributed by atoms with E-state index in [1.165, 1.54) is 112 Å². The molecular formula is C26H38Cr2N4O7. The van der Waals surface area contributed by atoms with Crippen LogP contribution < -0.4 is 8.32 Å².